The van der Waals surface area contributed by atoms with E-state index in [1.54, 1.807) is 18.2 Å². The van der Waals surface area contributed by atoms with E-state index >= 15 is 0 Å². The van der Waals surface area contributed by atoms with Gasteiger partial charge in [-0.25, -0.2) is 14.4 Å². The Morgan fingerprint density at radius 3 is 2.09 bits per heavy atom. The van der Waals surface area contributed by atoms with Crippen LogP contribution < -0.4 is 4.74 Å². The molecule has 0 aliphatic heterocycles. The van der Waals surface area contributed by atoms with E-state index in [1.807, 2.05) is 0 Å². The third kappa shape index (κ3) is 2.95. The molecule has 2 rings (SSSR count). The maximum absolute atomic E-state index is 12.0. The standard InChI is InChI=1S/C16H12O6/c1-9-11(14(17)18)7-8-12(13(9)15(19)20)22-16(21)10-5-3-2-4-6-10/h2-8H,1H3,(H,17,18)(H,19,20). The van der Waals surface area contributed by atoms with Gasteiger partial charge in [0, 0.05) is 0 Å². The molecular weight excluding hydrogens is 288 g/mol. The van der Waals surface area contributed by atoms with Crippen LogP contribution >= 0.6 is 0 Å². The molecule has 0 aliphatic rings. The van der Waals surface area contributed by atoms with Gasteiger partial charge in [-0.2, -0.15) is 0 Å². The molecule has 2 N–H and O–H groups in total. The number of esters is 1. The van der Waals surface area contributed by atoms with Crippen molar-refractivity contribution in [1.82, 2.24) is 0 Å². The van der Waals surface area contributed by atoms with Crippen LogP contribution in [0, 0.1) is 6.92 Å². The first-order chi connectivity index (χ1) is 10.4. The normalized spacial score (nSPS) is 10.0. The van der Waals surface area contributed by atoms with E-state index in [0.29, 0.717) is 0 Å². The maximum Gasteiger partial charge on any atom is 0.343 e. The van der Waals surface area contributed by atoms with Gasteiger partial charge in [-0.3, -0.25) is 0 Å². The third-order valence-electron chi connectivity index (χ3n) is 3.08. The van der Waals surface area contributed by atoms with Gasteiger partial charge in [-0.1, -0.05) is 18.2 Å². The second kappa shape index (κ2) is 6.09. The molecule has 0 amide bonds. The van der Waals surface area contributed by atoms with Crippen LogP contribution in [0.15, 0.2) is 42.5 Å². The minimum atomic E-state index is -1.36. The summed E-state index contributed by atoms with van der Waals surface area (Å²) in [6, 6.07) is 10.5. The summed E-state index contributed by atoms with van der Waals surface area (Å²) >= 11 is 0. The second-order valence-electron chi connectivity index (χ2n) is 4.48. The van der Waals surface area contributed by atoms with Gasteiger partial charge in [0.25, 0.3) is 0 Å². The Kier molecular flexibility index (Phi) is 4.22. The molecule has 0 fully saturated rings. The zero-order chi connectivity index (χ0) is 16.3. The number of ether oxygens (including phenoxy) is 1. The van der Waals surface area contributed by atoms with Gasteiger partial charge in [0.15, 0.2) is 0 Å². The zero-order valence-corrected chi connectivity index (χ0v) is 11.6. The zero-order valence-electron chi connectivity index (χ0n) is 11.6. The molecule has 0 heterocycles. The molecule has 0 radical (unpaired) electrons. The predicted octanol–water partition coefficient (Wildman–Crippen LogP) is 2.61. The number of carboxylic acids is 2. The summed E-state index contributed by atoms with van der Waals surface area (Å²) in [7, 11) is 0. The molecular formula is C16H12O6. The summed E-state index contributed by atoms with van der Waals surface area (Å²) in [5, 5.41) is 18.3. The Hall–Kier alpha value is -3.15. The van der Waals surface area contributed by atoms with Crippen molar-refractivity contribution in [1.29, 1.82) is 0 Å². The van der Waals surface area contributed by atoms with Crippen LogP contribution in [0.25, 0.3) is 0 Å². The fraction of sp³-hybridized carbons (Fsp3) is 0.0625. The number of benzene rings is 2. The lowest BCUT2D eigenvalue weighted by Gasteiger charge is -2.11. The number of hydrogen-bond donors (Lipinski definition) is 2. The average molecular weight is 300 g/mol. The summed E-state index contributed by atoms with van der Waals surface area (Å²) in [5.41, 5.74) is -0.210. The molecule has 22 heavy (non-hydrogen) atoms. The van der Waals surface area contributed by atoms with Crippen LogP contribution in [-0.2, 0) is 0 Å². The highest BCUT2D eigenvalue weighted by atomic mass is 16.5. The van der Waals surface area contributed by atoms with E-state index in [9.17, 15) is 19.5 Å². The third-order valence-corrected chi connectivity index (χ3v) is 3.08. The minimum absolute atomic E-state index is 0.0263. The lowest BCUT2D eigenvalue weighted by Crippen LogP contribution is -2.14. The molecule has 2 aromatic rings. The summed E-state index contributed by atoms with van der Waals surface area (Å²) in [4.78, 5) is 34.4. The Balaban J connectivity index is 2.44. The van der Waals surface area contributed by atoms with Gasteiger partial charge < -0.3 is 14.9 Å². The van der Waals surface area contributed by atoms with E-state index in [0.717, 1.165) is 0 Å². The molecule has 2 aromatic carbocycles. The van der Waals surface area contributed by atoms with Gasteiger partial charge in [-0.15, -0.1) is 0 Å². The van der Waals surface area contributed by atoms with Gasteiger partial charge in [0.05, 0.1) is 11.1 Å². The first-order valence-corrected chi connectivity index (χ1v) is 6.29. The largest absolute Gasteiger partial charge is 0.478 e. The van der Waals surface area contributed by atoms with Crippen molar-refractivity contribution in [2.24, 2.45) is 0 Å². The maximum atomic E-state index is 12.0. The summed E-state index contributed by atoms with van der Waals surface area (Å²) in [6.07, 6.45) is 0. The first kappa shape index (κ1) is 15.2. The smallest absolute Gasteiger partial charge is 0.343 e. The van der Waals surface area contributed by atoms with Gasteiger partial charge >= 0.3 is 17.9 Å². The van der Waals surface area contributed by atoms with Crippen LogP contribution in [0.3, 0.4) is 0 Å². The van der Waals surface area contributed by atoms with E-state index in [1.165, 1.54) is 31.2 Å². The molecule has 0 spiro atoms. The van der Waals surface area contributed by atoms with Crippen LogP contribution in [0.2, 0.25) is 0 Å². The van der Waals surface area contributed by atoms with E-state index in [2.05, 4.69) is 0 Å². The van der Waals surface area contributed by atoms with Crippen molar-refractivity contribution in [2.75, 3.05) is 0 Å². The van der Waals surface area contributed by atoms with Crippen LogP contribution in [0.4, 0.5) is 0 Å². The highest BCUT2D eigenvalue weighted by molar-refractivity contribution is 6.00. The fourth-order valence-corrected chi connectivity index (χ4v) is 2.00. The van der Waals surface area contributed by atoms with E-state index < -0.39 is 17.9 Å². The molecule has 112 valence electrons. The number of carbonyl (C=O) groups excluding carboxylic acids is 1. The number of carbonyl (C=O) groups is 3. The highest BCUT2D eigenvalue weighted by Crippen LogP contribution is 2.26. The van der Waals surface area contributed by atoms with Crippen LogP contribution in [0.5, 0.6) is 5.75 Å². The molecule has 0 aliphatic carbocycles. The highest BCUT2D eigenvalue weighted by Gasteiger charge is 2.22. The van der Waals surface area contributed by atoms with Gasteiger partial charge in [-0.05, 0) is 36.8 Å². The molecule has 0 bridgehead atoms. The average Bonchev–Trinajstić information content (AvgIpc) is 2.47. The molecule has 6 heteroatoms. The monoisotopic (exact) mass is 300 g/mol. The van der Waals surface area contributed by atoms with Gasteiger partial charge in [0.1, 0.15) is 11.3 Å². The van der Waals surface area contributed by atoms with Crippen molar-refractivity contribution in [3.8, 4) is 5.75 Å². The molecule has 0 aromatic heterocycles. The van der Waals surface area contributed by atoms with Crippen molar-refractivity contribution in [3.63, 3.8) is 0 Å². The molecule has 0 saturated carbocycles. The second-order valence-corrected chi connectivity index (χ2v) is 4.48. The van der Waals surface area contributed by atoms with Gasteiger partial charge in [0.2, 0.25) is 0 Å². The molecule has 0 unspecified atom stereocenters. The molecule has 0 saturated heterocycles. The number of carboxylic acid groups (broad SMARTS) is 2. The Morgan fingerprint density at radius 1 is 0.909 bits per heavy atom. The summed E-state index contributed by atoms with van der Waals surface area (Å²) in [5.74, 6) is -3.52. The Labute approximate surface area is 125 Å². The SMILES string of the molecule is Cc1c(C(=O)O)ccc(OC(=O)c2ccccc2)c1C(=O)O. The Bertz CT molecular complexity index is 749. The van der Waals surface area contributed by atoms with Crippen molar-refractivity contribution >= 4 is 17.9 Å². The van der Waals surface area contributed by atoms with E-state index in [4.69, 9.17) is 9.84 Å². The first-order valence-electron chi connectivity index (χ1n) is 6.29. The summed E-state index contributed by atoms with van der Waals surface area (Å²) in [6.45, 7) is 1.35. The fourth-order valence-electron chi connectivity index (χ4n) is 2.00. The predicted molar refractivity (Wildman–Crippen MR) is 76.5 cm³/mol. The Morgan fingerprint density at radius 2 is 1.55 bits per heavy atom. The van der Waals surface area contributed by atoms with Crippen LogP contribution in [0.1, 0.15) is 36.6 Å². The number of hydrogen-bond acceptors (Lipinski definition) is 4. The van der Waals surface area contributed by atoms with Crippen molar-refractivity contribution in [3.05, 3.63) is 64.7 Å². The van der Waals surface area contributed by atoms with Crippen molar-refractivity contribution in [2.45, 2.75) is 6.92 Å². The molecule has 6 nitrogen and oxygen atoms in total. The quantitative estimate of drug-likeness (QED) is 0.665. The minimum Gasteiger partial charge on any atom is -0.478 e. The van der Waals surface area contributed by atoms with Crippen molar-refractivity contribution < 1.29 is 29.3 Å². The summed E-state index contributed by atoms with van der Waals surface area (Å²) < 4.78 is 5.10. The number of aromatic carboxylic acids is 2. The van der Waals surface area contributed by atoms with Crippen LogP contribution in [-0.4, -0.2) is 28.1 Å². The topological polar surface area (TPSA) is 101 Å². The lowest BCUT2D eigenvalue weighted by molar-refractivity contribution is 0.0680. The molecule has 0 atom stereocenters. The van der Waals surface area contributed by atoms with E-state index in [-0.39, 0.29) is 28.0 Å². The lowest BCUT2D eigenvalue weighted by atomic mass is 10.0. The number of rotatable bonds is 4.